The minimum atomic E-state index is -0.888. The molecule has 10 heteroatoms. The fraction of sp³-hybridized carbons (Fsp3) is 0.438. The van der Waals surface area contributed by atoms with Crippen molar-refractivity contribution in [1.29, 1.82) is 0 Å². The van der Waals surface area contributed by atoms with Gasteiger partial charge in [-0.25, -0.2) is 4.79 Å². The van der Waals surface area contributed by atoms with Crippen LogP contribution in [0.1, 0.15) is 17.3 Å². The lowest BCUT2D eigenvalue weighted by atomic mass is 10.2. The number of non-ortho nitro benzene ring substituents is 1. The van der Waals surface area contributed by atoms with Gasteiger partial charge in [-0.2, -0.15) is 0 Å². The molecule has 1 aliphatic heterocycles. The molecule has 26 heavy (non-hydrogen) atoms. The summed E-state index contributed by atoms with van der Waals surface area (Å²) in [6, 6.07) is 3.53. The van der Waals surface area contributed by atoms with Crippen LogP contribution in [0.3, 0.4) is 0 Å². The first kappa shape index (κ1) is 19.2. The number of piperazine rings is 1. The zero-order chi connectivity index (χ0) is 19.3. The van der Waals surface area contributed by atoms with Crippen molar-refractivity contribution in [3.8, 4) is 5.75 Å². The van der Waals surface area contributed by atoms with Crippen LogP contribution in [0.2, 0.25) is 0 Å². The van der Waals surface area contributed by atoms with E-state index in [2.05, 4.69) is 0 Å². The molecule has 1 aromatic rings. The van der Waals surface area contributed by atoms with Crippen molar-refractivity contribution in [2.45, 2.75) is 6.92 Å². The summed E-state index contributed by atoms with van der Waals surface area (Å²) in [4.78, 5) is 48.9. The molecule has 0 atom stereocenters. The van der Waals surface area contributed by atoms with Gasteiger partial charge >= 0.3 is 5.97 Å². The fourth-order valence-electron chi connectivity index (χ4n) is 2.54. The molecule has 0 bridgehead atoms. The molecule has 0 aliphatic carbocycles. The van der Waals surface area contributed by atoms with Gasteiger partial charge in [-0.3, -0.25) is 19.7 Å². The van der Waals surface area contributed by atoms with Crippen LogP contribution in [0.4, 0.5) is 5.69 Å². The summed E-state index contributed by atoms with van der Waals surface area (Å²) in [6.07, 6.45) is 0. The highest BCUT2D eigenvalue weighted by atomic mass is 16.6. The smallest absolute Gasteiger partial charge is 0.342 e. The number of carbonyl (C=O) groups excluding carboxylic acids is 3. The lowest BCUT2D eigenvalue weighted by Crippen LogP contribution is -2.51. The molecule has 1 heterocycles. The van der Waals surface area contributed by atoms with Crippen LogP contribution in [0.15, 0.2) is 18.2 Å². The van der Waals surface area contributed by atoms with Crippen LogP contribution in [0.5, 0.6) is 5.75 Å². The second-order valence-corrected chi connectivity index (χ2v) is 5.60. The Hall–Kier alpha value is -3.17. The molecule has 1 aliphatic rings. The van der Waals surface area contributed by atoms with E-state index in [1.54, 1.807) is 4.90 Å². The number of hydrogen-bond donors (Lipinski definition) is 0. The molecule has 2 rings (SSSR count). The van der Waals surface area contributed by atoms with Crippen LogP contribution in [-0.4, -0.2) is 72.4 Å². The number of nitro benzene ring substituents is 1. The Labute approximate surface area is 149 Å². The molecule has 10 nitrogen and oxygen atoms in total. The Kier molecular flexibility index (Phi) is 6.10. The van der Waals surface area contributed by atoms with Gasteiger partial charge in [0, 0.05) is 45.2 Å². The van der Waals surface area contributed by atoms with Crippen molar-refractivity contribution >= 4 is 23.5 Å². The van der Waals surface area contributed by atoms with Gasteiger partial charge < -0.3 is 19.3 Å². The molecule has 0 radical (unpaired) electrons. The Morgan fingerprint density at radius 3 is 2.31 bits per heavy atom. The SMILES string of the molecule is COc1ccc([N+](=O)[O-])cc1C(=O)OCC(=O)N1CCN(C(C)=O)CC1. The lowest BCUT2D eigenvalue weighted by Gasteiger charge is -2.34. The highest BCUT2D eigenvalue weighted by molar-refractivity contribution is 5.94. The number of carbonyl (C=O) groups is 3. The minimum absolute atomic E-state index is 0.0544. The predicted octanol–water partition coefficient (Wildman–Crippen LogP) is 0.451. The quantitative estimate of drug-likeness (QED) is 0.422. The van der Waals surface area contributed by atoms with Gasteiger partial charge in [0.05, 0.1) is 12.0 Å². The van der Waals surface area contributed by atoms with E-state index in [9.17, 15) is 24.5 Å². The summed E-state index contributed by atoms with van der Waals surface area (Å²) >= 11 is 0. The van der Waals surface area contributed by atoms with Crippen molar-refractivity contribution < 1.29 is 28.8 Å². The molecule has 1 fully saturated rings. The van der Waals surface area contributed by atoms with Gasteiger partial charge in [-0.15, -0.1) is 0 Å². The number of nitrogens with zero attached hydrogens (tertiary/aromatic N) is 3. The number of esters is 1. The van der Waals surface area contributed by atoms with Crippen molar-refractivity contribution in [1.82, 2.24) is 9.80 Å². The molecule has 0 saturated carbocycles. The molecule has 0 N–H and O–H groups in total. The molecule has 0 unspecified atom stereocenters. The Balaban J connectivity index is 1.96. The number of methoxy groups -OCH3 is 1. The maximum atomic E-state index is 12.2. The van der Waals surface area contributed by atoms with Crippen LogP contribution >= 0.6 is 0 Å². The van der Waals surface area contributed by atoms with Crippen LogP contribution in [0, 0.1) is 10.1 Å². The monoisotopic (exact) mass is 365 g/mol. The second kappa shape index (κ2) is 8.28. The van der Waals surface area contributed by atoms with Gasteiger partial charge in [-0.1, -0.05) is 0 Å². The van der Waals surface area contributed by atoms with Gasteiger partial charge in [0.15, 0.2) is 6.61 Å². The molecule has 0 spiro atoms. The van der Waals surface area contributed by atoms with Gasteiger partial charge in [0.1, 0.15) is 11.3 Å². The summed E-state index contributed by atoms with van der Waals surface area (Å²) in [6.45, 7) is 2.53. The normalized spacial score (nSPS) is 13.9. The molecule has 1 saturated heterocycles. The zero-order valence-corrected chi connectivity index (χ0v) is 14.5. The predicted molar refractivity (Wildman–Crippen MR) is 88.8 cm³/mol. The molecule has 2 amide bonds. The van der Waals surface area contributed by atoms with E-state index in [0.29, 0.717) is 26.2 Å². The average Bonchev–Trinajstić information content (AvgIpc) is 2.65. The van der Waals surface area contributed by atoms with Crippen molar-refractivity contribution in [3.05, 3.63) is 33.9 Å². The van der Waals surface area contributed by atoms with Crippen molar-refractivity contribution in [2.75, 3.05) is 39.9 Å². The second-order valence-electron chi connectivity index (χ2n) is 5.60. The topological polar surface area (TPSA) is 119 Å². The van der Waals surface area contributed by atoms with Crippen LogP contribution in [-0.2, 0) is 14.3 Å². The first-order valence-corrected chi connectivity index (χ1v) is 7.86. The Bertz CT molecular complexity index is 727. The van der Waals surface area contributed by atoms with E-state index in [0.717, 1.165) is 6.07 Å². The maximum Gasteiger partial charge on any atom is 0.342 e. The summed E-state index contributed by atoms with van der Waals surface area (Å²) in [5.74, 6) is -1.23. The Morgan fingerprint density at radius 2 is 1.77 bits per heavy atom. The number of nitro groups is 1. The van der Waals surface area contributed by atoms with Crippen molar-refractivity contribution in [3.63, 3.8) is 0 Å². The Morgan fingerprint density at radius 1 is 1.15 bits per heavy atom. The first-order valence-electron chi connectivity index (χ1n) is 7.86. The molecule has 0 aromatic heterocycles. The van der Waals surface area contributed by atoms with Gasteiger partial charge in [0.2, 0.25) is 5.91 Å². The third-order valence-electron chi connectivity index (χ3n) is 4.02. The number of rotatable bonds is 5. The van der Waals surface area contributed by atoms with E-state index in [4.69, 9.17) is 9.47 Å². The third-order valence-corrected chi connectivity index (χ3v) is 4.02. The number of ether oxygens (including phenoxy) is 2. The van der Waals surface area contributed by atoms with E-state index >= 15 is 0 Å². The van der Waals surface area contributed by atoms with E-state index < -0.39 is 23.4 Å². The summed E-state index contributed by atoms with van der Waals surface area (Å²) in [7, 11) is 1.32. The molecule has 140 valence electrons. The van der Waals surface area contributed by atoms with Gasteiger partial charge in [0.25, 0.3) is 11.6 Å². The number of hydrogen-bond acceptors (Lipinski definition) is 7. The van der Waals surface area contributed by atoms with Gasteiger partial charge in [-0.05, 0) is 6.07 Å². The molecule has 1 aromatic carbocycles. The van der Waals surface area contributed by atoms with E-state index in [1.165, 1.54) is 31.1 Å². The number of benzene rings is 1. The average molecular weight is 365 g/mol. The zero-order valence-electron chi connectivity index (χ0n) is 14.5. The number of amides is 2. The van der Waals surface area contributed by atoms with Crippen LogP contribution < -0.4 is 4.74 Å². The van der Waals surface area contributed by atoms with E-state index in [1.807, 2.05) is 0 Å². The van der Waals surface area contributed by atoms with Crippen LogP contribution in [0.25, 0.3) is 0 Å². The summed E-state index contributed by atoms with van der Waals surface area (Å²) < 4.78 is 9.98. The summed E-state index contributed by atoms with van der Waals surface area (Å²) in [5.41, 5.74) is -0.416. The van der Waals surface area contributed by atoms with Crippen molar-refractivity contribution in [2.24, 2.45) is 0 Å². The standard InChI is InChI=1S/C16H19N3O7/c1-11(20)17-5-7-18(8-6-17)15(21)10-26-16(22)13-9-12(19(23)24)3-4-14(13)25-2/h3-4,9H,5-8,10H2,1-2H3. The molecular formula is C16H19N3O7. The minimum Gasteiger partial charge on any atom is -0.496 e. The first-order chi connectivity index (χ1) is 12.3. The largest absolute Gasteiger partial charge is 0.496 e. The highest BCUT2D eigenvalue weighted by Gasteiger charge is 2.24. The third kappa shape index (κ3) is 4.47. The highest BCUT2D eigenvalue weighted by Crippen LogP contribution is 2.24. The van der Waals surface area contributed by atoms with E-state index in [-0.39, 0.29) is 22.9 Å². The summed E-state index contributed by atoms with van der Waals surface area (Å²) in [5, 5.41) is 10.8. The maximum absolute atomic E-state index is 12.2. The fourth-order valence-corrected chi connectivity index (χ4v) is 2.54. The molecular weight excluding hydrogens is 346 g/mol. The lowest BCUT2D eigenvalue weighted by molar-refractivity contribution is -0.384.